The third-order valence-electron chi connectivity index (χ3n) is 23.6. The van der Waals surface area contributed by atoms with Crippen molar-refractivity contribution in [2.45, 2.75) is 36.2 Å². The molecule has 0 unspecified atom stereocenters. The molecule has 10 amide bonds. The number of anilines is 14. The van der Waals surface area contributed by atoms with Crippen LogP contribution in [0.3, 0.4) is 0 Å². The van der Waals surface area contributed by atoms with Crippen LogP contribution in [0, 0.1) is 5.82 Å². The number of benzene rings is 9. The Morgan fingerprint density at radius 3 is 1.50 bits per heavy atom. The van der Waals surface area contributed by atoms with Gasteiger partial charge >= 0.3 is 36.1 Å². The molecule has 6 aliphatic heterocycles. The van der Waals surface area contributed by atoms with Gasteiger partial charge < -0.3 is 65.7 Å². The smallest absolute Gasteiger partial charge is 0.350 e. The Morgan fingerprint density at radius 1 is 0.476 bits per heavy atom. The van der Waals surface area contributed by atoms with Crippen LogP contribution in [0.2, 0.25) is 0 Å². The highest BCUT2D eigenvalue weighted by Crippen LogP contribution is 2.51. The van der Waals surface area contributed by atoms with Gasteiger partial charge in [0.25, 0.3) is 11.8 Å². The van der Waals surface area contributed by atoms with E-state index in [-0.39, 0.29) is 39.7 Å². The second-order valence-electron chi connectivity index (χ2n) is 32.8. The van der Waals surface area contributed by atoms with Crippen LogP contribution in [-0.4, -0.2) is 179 Å². The number of thiophene rings is 4. The van der Waals surface area contributed by atoms with Crippen LogP contribution in [0.25, 0.3) is 51.9 Å². The summed E-state index contributed by atoms with van der Waals surface area (Å²) in [5, 5.41) is 29.0. The molecule has 0 radical (unpaired) electrons. The fourth-order valence-electron chi connectivity index (χ4n) is 17.0. The summed E-state index contributed by atoms with van der Waals surface area (Å²) in [6.07, 6.45) is 5.95. The number of hydrogen-bond donors (Lipinski definition) is 8. The summed E-state index contributed by atoms with van der Waals surface area (Å²) in [7, 11) is 1.62. The topological polar surface area (TPSA) is 426 Å². The molecule has 726 valence electrons. The number of methoxy groups -OCH3 is 1. The first-order valence-corrected chi connectivity index (χ1v) is 50.6. The maximum atomic E-state index is 13.5. The van der Waals surface area contributed by atoms with Crippen LogP contribution in [-0.2, 0) is 33.7 Å². The third-order valence-corrected chi connectivity index (χ3v) is 30.1. The molecule has 2 fully saturated rings. The molecule has 24 rings (SSSR count). The van der Waals surface area contributed by atoms with Crippen LogP contribution >= 0.6 is 89.0 Å². The first kappa shape index (κ1) is 95.4. The van der Waals surface area contributed by atoms with Gasteiger partial charge in [0.15, 0.2) is 23.3 Å². The zero-order chi connectivity index (χ0) is 99.6. The van der Waals surface area contributed by atoms with Gasteiger partial charge in [-0.15, -0.1) is 45.3 Å². The van der Waals surface area contributed by atoms with Crippen LogP contribution in [0.1, 0.15) is 68.1 Å². The van der Waals surface area contributed by atoms with Crippen LogP contribution < -0.4 is 61.0 Å². The van der Waals surface area contributed by atoms with E-state index in [0.717, 1.165) is 125 Å². The summed E-state index contributed by atoms with van der Waals surface area (Å²) < 4.78 is 42.6. The van der Waals surface area contributed by atoms with Gasteiger partial charge in [-0.05, 0) is 167 Å². The van der Waals surface area contributed by atoms with E-state index in [2.05, 4.69) is 123 Å². The van der Waals surface area contributed by atoms with E-state index < -0.39 is 36.1 Å². The first-order valence-electron chi connectivity index (χ1n) is 45.0. The van der Waals surface area contributed by atoms with E-state index in [1.54, 1.807) is 68.3 Å². The molecule has 145 heavy (non-hydrogen) atoms. The number of urea groups is 4. The lowest BCUT2D eigenvalue weighted by molar-refractivity contribution is 0.0338. The Morgan fingerprint density at radius 2 is 0.959 bits per heavy atom. The van der Waals surface area contributed by atoms with Crippen LogP contribution in [0.15, 0.2) is 256 Å². The number of rotatable bonds is 22. The number of amides is 10. The van der Waals surface area contributed by atoms with Crippen molar-refractivity contribution in [2.24, 2.45) is 0 Å². The Balaban J connectivity index is 0.000000115. The molecule has 8 N–H and O–H groups in total. The Bertz CT molecular complexity index is 8160. The van der Waals surface area contributed by atoms with Gasteiger partial charge in [-0.2, -0.15) is 0 Å². The Hall–Kier alpha value is -15.8. The van der Waals surface area contributed by atoms with Gasteiger partial charge in [0.1, 0.15) is 93.0 Å². The van der Waals surface area contributed by atoms with Crippen molar-refractivity contribution in [3.8, 4) is 17.2 Å². The maximum absolute atomic E-state index is 13.5. The minimum atomic E-state index is -1.11. The fraction of sp³-hybridized carbons (Fsp3) is 0.139. The molecule has 44 heteroatoms. The number of fused-ring (bicyclic) bond motifs is 1. The van der Waals surface area contributed by atoms with Crippen molar-refractivity contribution < 1.29 is 71.5 Å². The second-order valence-corrected chi connectivity index (χ2v) is 39.8. The Kier molecular flexibility index (Phi) is 27.4. The number of aromatic carboxylic acids is 1. The summed E-state index contributed by atoms with van der Waals surface area (Å²) in [6.45, 7) is 10.0. The van der Waals surface area contributed by atoms with Gasteiger partial charge in [0, 0.05) is 83.0 Å². The highest BCUT2D eigenvalue weighted by molar-refractivity contribution is 9.10. The number of nitrogens with one attached hydrogen (secondary N) is 7. The highest BCUT2D eigenvalue weighted by Gasteiger charge is 2.40. The van der Waals surface area contributed by atoms with E-state index in [0.29, 0.717) is 165 Å². The summed E-state index contributed by atoms with van der Waals surface area (Å²) in [4.78, 5) is 162. The number of carbonyl (C=O) groups is 8. The number of morpholine rings is 2. The van der Waals surface area contributed by atoms with E-state index in [1.807, 2.05) is 158 Å². The van der Waals surface area contributed by atoms with Gasteiger partial charge in [0.2, 0.25) is 0 Å². The van der Waals surface area contributed by atoms with Crippen LogP contribution in [0.4, 0.5) is 104 Å². The molecule has 6 aliphatic rings. The molecule has 0 atom stereocenters. The van der Waals surface area contributed by atoms with E-state index in [1.165, 1.54) is 79.7 Å². The van der Waals surface area contributed by atoms with E-state index in [9.17, 15) is 47.9 Å². The number of halogens is 3. The average molecular weight is 2160 g/mol. The number of para-hydroxylation sites is 1. The van der Waals surface area contributed by atoms with E-state index in [4.69, 9.17) is 23.7 Å². The van der Waals surface area contributed by atoms with E-state index >= 15 is 0 Å². The van der Waals surface area contributed by atoms with Crippen LogP contribution in [0.5, 0.6) is 17.2 Å². The van der Waals surface area contributed by atoms with Gasteiger partial charge in [-0.25, -0.2) is 97.6 Å². The molecule has 9 aromatic heterocycles. The zero-order valence-electron chi connectivity index (χ0n) is 76.1. The first-order chi connectivity index (χ1) is 70.7. The molecular weight excluding hydrogens is 2080 g/mol. The van der Waals surface area contributed by atoms with Crippen molar-refractivity contribution in [3.63, 3.8) is 0 Å². The third kappa shape index (κ3) is 19.9. The number of aromatic nitrogens is 10. The lowest BCUT2D eigenvalue weighted by Gasteiger charge is -2.27. The fourth-order valence-corrected chi connectivity index (χ4v) is 22.6. The number of hydrogen-bond acceptors (Lipinski definition) is 29. The Labute approximate surface area is 859 Å². The summed E-state index contributed by atoms with van der Waals surface area (Å²) in [5.41, 5.74) is 9.52. The molecule has 9 aromatic carbocycles. The summed E-state index contributed by atoms with van der Waals surface area (Å²) in [6, 6.07) is 63.1. The molecule has 18 aromatic rings. The molecule has 0 spiro atoms. The predicted molar refractivity (Wildman–Crippen MR) is 562 cm³/mol. The number of carboxylic acid groups (broad SMARTS) is 1. The molecule has 0 bridgehead atoms. The number of nitrogens with zero attached hydrogens (tertiary/aromatic N) is 15. The number of carboxylic acids is 1. The largest absolute Gasteiger partial charge is 0.496 e. The van der Waals surface area contributed by atoms with Crippen molar-refractivity contribution >= 4 is 269 Å². The minimum Gasteiger partial charge on any atom is -0.496 e. The van der Waals surface area contributed by atoms with Gasteiger partial charge in [-0.3, -0.25) is 19.4 Å². The predicted octanol–water partition coefficient (Wildman–Crippen LogP) is 22.6. The number of aromatic amines is 1. The average Bonchev–Trinajstić information content (AvgIpc) is 1.61. The molecule has 0 aliphatic carbocycles. The van der Waals surface area contributed by atoms with Crippen molar-refractivity contribution in [3.05, 3.63) is 294 Å². The number of esters is 1. The molecule has 36 nitrogen and oxygen atoms in total. The number of ether oxygens (including phenoxy) is 5. The van der Waals surface area contributed by atoms with Crippen molar-refractivity contribution in [1.29, 1.82) is 0 Å². The molecule has 15 heterocycles. The molecule has 0 saturated carbocycles. The number of H-pyrrole nitrogens is 1. The maximum Gasteiger partial charge on any atom is 0.350 e. The lowest BCUT2D eigenvalue weighted by atomic mass is 10.1. The lowest BCUT2D eigenvalue weighted by Crippen LogP contribution is -2.35. The molecular formula is C101H77Br2FN22O14S5. The molecule has 2 saturated heterocycles. The van der Waals surface area contributed by atoms with Gasteiger partial charge in [-0.1, -0.05) is 100 Å². The van der Waals surface area contributed by atoms with Crippen molar-refractivity contribution in [1.82, 2.24) is 59.6 Å². The zero-order valence-corrected chi connectivity index (χ0v) is 83.4. The standard InChI is InChI=1S/C31H25BrN6O4S.C26H23BrN6O4S.C24H17FN6O3S.C20H12N4O3S2/c32-23-16-21(10-11-24(23)42-22-4-2-1-3-5-22)38-28-25-26(36-31(38)40)27(43-30(25)34-18-33-28)29(39)35-20-8-6-19(7-9-20)17-37-12-14-41-15-13-37;1-36-19-12-17(6-5-15(19)13-32-7-9-37-10-8-32)30-24(34)22-21-20-23(28-14-29-25(20)38-22)33(26(35)31-21)18-4-2-3-16(27)11-18;1-2-34-23(32)20-19-18-21(26-11-27-22(18)35-20)31(24(33)30-19)14-6-7-15-16(10-14)29-17(28-15)9-12-4-3-5-13(25)8-12;25-19(26)16-15-14-17(21-10-22-18(14)29-16)24(20(27)23-15)11-6-8-13(9-7-11)28-12-4-2-1-3-5-12/h1-11,16,18H,12-15,17H2,(H,35,39)(H,36,40);2-6,11-12,14H,7-10,13H2,1H3,(H,30,34)(H,31,35);3-8,10-11H,2,9H2,1H3,(H,28,29)(H,30,33);1-10H,(H,23,27)(H,25,26). The highest BCUT2D eigenvalue weighted by atomic mass is 79.9. The quantitative estimate of drug-likeness (QED) is 0.0292. The SMILES string of the molecule is CCOC(=O)c1sc2ncnc3c2c1NC(=O)N3c1ccc2nc(Cc3cccc(F)c3)[nH]c2c1.COc1cc(NC(=O)c2sc3ncnc4c3c2NC(=O)N4c2cccc(Br)c2)ccc1CN1CCOCC1.O=C(Nc1ccc(CN2CCOCC2)cc1)c1sc2ncnc3c2c1NC(=O)N3c1ccc(Oc2ccccc2)c(Br)c1.O=C(O)c1sc2ncnc3c2c1NC(=O)N3c1ccc(Sc2ccccc2)cc1. The summed E-state index contributed by atoms with van der Waals surface area (Å²) in [5.74, 6) is 1.63. The number of imidazole rings is 1. The monoisotopic (exact) mass is 2160 g/mol. The van der Waals surface area contributed by atoms with Crippen molar-refractivity contribution in [2.75, 3.05) is 118 Å². The van der Waals surface area contributed by atoms with Gasteiger partial charge in [0.05, 0.1) is 123 Å². The summed E-state index contributed by atoms with van der Waals surface area (Å²) >= 11 is 13.2. The second kappa shape index (κ2) is 41.7. The number of carbonyl (C=O) groups excluding carboxylic acids is 7. The minimum absolute atomic E-state index is 0.0457. The normalized spacial score (nSPS) is 14.1.